The first-order chi connectivity index (χ1) is 32.2. The van der Waals surface area contributed by atoms with E-state index in [1.165, 1.54) is 12.1 Å². The van der Waals surface area contributed by atoms with Gasteiger partial charge in [-0.05, 0) is 97.5 Å². The fourth-order valence-electron chi connectivity index (χ4n) is 9.41. The second-order valence-corrected chi connectivity index (χ2v) is 16.5. The zero-order valence-corrected chi connectivity index (χ0v) is 37.2. The van der Waals surface area contributed by atoms with E-state index in [1.54, 1.807) is 59.5 Å². The van der Waals surface area contributed by atoms with Crippen LogP contribution in [0.2, 0.25) is 0 Å². The molecule has 3 N–H and O–H groups in total. The van der Waals surface area contributed by atoms with Crippen LogP contribution >= 0.6 is 0 Å². The van der Waals surface area contributed by atoms with Gasteiger partial charge in [0.2, 0.25) is 5.79 Å². The predicted octanol–water partition coefficient (Wildman–Crippen LogP) is 8.06. The van der Waals surface area contributed by atoms with E-state index in [9.17, 15) is 35.0 Å². The van der Waals surface area contributed by atoms with E-state index < -0.39 is 28.8 Å². The van der Waals surface area contributed by atoms with Crippen LogP contribution in [0.1, 0.15) is 78.8 Å². The molecular formula is C50H61N3O13. The Bertz CT molecular complexity index is 2180. The fraction of sp³-hybridized carbons (Fsp3) is 0.460. The number of unbranched alkanes of at least 4 members (excludes halogenated alkanes) is 2. The van der Waals surface area contributed by atoms with Crippen molar-refractivity contribution in [2.24, 2.45) is 22.9 Å². The molecule has 3 aromatic carbocycles. The highest BCUT2D eigenvalue weighted by Gasteiger charge is 2.65. The predicted molar refractivity (Wildman–Crippen MR) is 246 cm³/mol. The monoisotopic (exact) mass is 911 g/mol. The van der Waals surface area contributed by atoms with Gasteiger partial charge in [-0.15, -0.1) is 13.2 Å². The van der Waals surface area contributed by atoms with Gasteiger partial charge in [0, 0.05) is 55.4 Å². The van der Waals surface area contributed by atoms with Gasteiger partial charge in [0.05, 0.1) is 49.6 Å². The third kappa shape index (κ3) is 11.9. The second kappa shape index (κ2) is 24.6. The van der Waals surface area contributed by atoms with E-state index in [1.807, 2.05) is 12.1 Å². The van der Waals surface area contributed by atoms with E-state index in [2.05, 4.69) is 19.2 Å². The van der Waals surface area contributed by atoms with Gasteiger partial charge in [-0.3, -0.25) is 19.8 Å². The molecule has 1 amide bonds. The number of aldehydes is 1. The standard InChI is InChI=1S/C50H61N3O13/c1-3-5-26-62-49(58)52(21-27-61-28-24-56)46-32-44(51-64-34-35-15-17-38(18-16-35)53(59)60)42-30-37(12-6-8-22-54)41(14-7-9-23-55)47-43-31-40(65-39-13-10-11-36(29-39)33-57)19-20-45(43)66-50(46,48(42)47)63-25-4-2/h3-4,10-11,13,15-20,29-31,33,37,41,46-48,54-56H,1-2,5-9,12,14,21-28,32,34H2/t37-,41+,46-,47+,48+,50+/m0/s1. The summed E-state index contributed by atoms with van der Waals surface area (Å²) >= 11 is 0. The Morgan fingerprint density at radius 1 is 0.939 bits per heavy atom. The number of nitrogens with zero attached hydrogens (tertiary/aromatic N) is 3. The summed E-state index contributed by atoms with van der Waals surface area (Å²) in [7, 11) is 0. The highest BCUT2D eigenvalue weighted by atomic mass is 16.7. The van der Waals surface area contributed by atoms with Crippen LogP contribution in [0.3, 0.4) is 0 Å². The number of hydrogen-bond acceptors (Lipinski definition) is 14. The van der Waals surface area contributed by atoms with Crippen LogP contribution in [0.5, 0.6) is 17.2 Å². The first-order valence-corrected chi connectivity index (χ1v) is 22.6. The van der Waals surface area contributed by atoms with Crippen LogP contribution in [0, 0.1) is 27.9 Å². The number of aliphatic hydroxyl groups is 3. The maximum absolute atomic E-state index is 14.5. The van der Waals surface area contributed by atoms with Crippen molar-refractivity contribution < 1.29 is 58.4 Å². The number of aliphatic hydroxyl groups excluding tert-OH is 3. The van der Waals surface area contributed by atoms with E-state index >= 15 is 0 Å². The Labute approximate surface area is 385 Å². The van der Waals surface area contributed by atoms with Crippen molar-refractivity contribution in [3.63, 3.8) is 0 Å². The third-order valence-electron chi connectivity index (χ3n) is 12.3. The van der Waals surface area contributed by atoms with Gasteiger partial charge in [0.25, 0.3) is 5.69 Å². The molecule has 66 heavy (non-hydrogen) atoms. The minimum atomic E-state index is -1.59. The van der Waals surface area contributed by atoms with Crippen LogP contribution in [-0.2, 0) is 25.7 Å². The zero-order chi connectivity index (χ0) is 46.9. The fourth-order valence-corrected chi connectivity index (χ4v) is 9.41. The topological polar surface area (TPSA) is 209 Å². The number of ether oxygens (including phenoxy) is 5. The van der Waals surface area contributed by atoms with Gasteiger partial charge in [-0.25, -0.2) is 4.79 Å². The number of non-ortho nitro benzene ring substituents is 1. The first kappa shape index (κ1) is 49.5. The Morgan fingerprint density at radius 3 is 2.42 bits per heavy atom. The van der Waals surface area contributed by atoms with Crippen molar-refractivity contribution in [3.05, 3.63) is 130 Å². The molecule has 354 valence electrons. The smallest absolute Gasteiger partial charge is 0.410 e. The quantitative estimate of drug-likeness (QED) is 0.0218. The molecule has 0 saturated heterocycles. The number of allylic oxidation sites excluding steroid dienone is 1. The molecule has 1 aliphatic heterocycles. The van der Waals surface area contributed by atoms with Gasteiger partial charge in [0.1, 0.15) is 36.2 Å². The van der Waals surface area contributed by atoms with Gasteiger partial charge in [-0.2, -0.15) is 0 Å². The number of carbonyl (C=O) groups is 2. The lowest BCUT2D eigenvalue weighted by Gasteiger charge is -2.59. The number of fused-ring (bicyclic) bond motifs is 2. The third-order valence-corrected chi connectivity index (χ3v) is 12.3. The molecule has 1 saturated carbocycles. The van der Waals surface area contributed by atoms with Crippen LogP contribution in [0.4, 0.5) is 10.5 Å². The minimum Gasteiger partial charge on any atom is -0.459 e. The minimum absolute atomic E-state index is 0.0109. The normalized spacial score (nSPS) is 22.2. The van der Waals surface area contributed by atoms with Gasteiger partial charge < -0.3 is 43.8 Å². The molecule has 0 radical (unpaired) electrons. The average Bonchev–Trinajstić information content (AvgIpc) is 3.32. The molecule has 0 aromatic heterocycles. The number of carbonyl (C=O) groups excluding carboxylic acids is 2. The van der Waals surface area contributed by atoms with Crippen LogP contribution in [0.15, 0.2) is 109 Å². The summed E-state index contributed by atoms with van der Waals surface area (Å²) in [6.45, 7) is 7.81. The van der Waals surface area contributed by atoms with Gasteiger partial charge >= 0.3 is 6.09 Å². The summed E-state index contributed by atoms with van der Waals surface area (Å²) in [6.07, 6.45) is 10.1. The van der Waals surface area contributed by atoms with Crippen LogP contribution in [-0.4, -0.2) is 108 Å². The molecule has 0 bridgehead atoms. The lowest BCUT2D eigenvalue weighted by Crippen LogP contribution is -2.70. The van der Waals surface area contributed by atoms with Crippen molar-refractivity contribution in [1.29, 1.82) is 0 Å². The number of benzene rings is 3. The van der Waals surface area contributed by atoms with Gasteiger partial charge in [0.15, 0.2) is 0 Å². The summed E-state index contributed by atoms with van der Waals surface area (Å²) in [4.78, 5) is 44.7. The lowest BCUT2D eigenvalue weighted by atomic mass is 9.55. The Morgan fingerprint density at radius 2 is 1.71 bits per heavy atom. The molecule has 0 spiro atoms. The number of oxime groups is 1. The maximum atomic E-state index is 14.5. The molecule has 1 fully saturated rings. The van der Waals surface area contributed by atoms with E-state index in [-0.39, 0.29) is 89.3 Å². The zero-order valence-electron chi connectivity index (χ0n) is 37.2. The number of rotatable bonds is 27. The summed E-state index contributed by atoms with van der Waals surface area (Å²) < 4.78 is 32.3. The number of nitro groups is 1. The summed E-state index contributed by atoms with van der Waals surface area (Å²) in [6, 6.07) is 17.5. The molecule has 3 aromatic rings. The SMILES string of the molecule is C=CCCOC(=O)N(CCOCCO)[C@H]1CC(=NOCc2ccc([N+](=O)[O-])cc2)C2=C[C@H](CCCCO)[C@@H](CCCCO)[C@@H]3c4cc(Oc5cccc(C=O)c5)ccc4O[C@@]1(OCC=C)[C@H]23. The molecular weight excluding hydrogens is 851 g/mol. The Balaban J connectivity index is 1.57. The molecule has 2 aliphatic carbocycles. The average molecular weight is 912 g/mol. The molecule has 16 heteroatoms. The van der Waals surface area contributed by atoms with Crippen LogP contribution in [0.25, 0.3) is 0 Å². The molecule has 6 atom stereocenters. The van der Waals surface area contributed by atoms with Crippen molar-refractivity contribution in [2.75, 3.05) is 52.8 Å². The lowest BCUT2D eigenvalue weighted by molar-refractivity contribution is -0.384. The summed E-state index contributed by atoms with van der Waals surface area (Å²) in [5.41, 5.74) is 3.20. The first-order valence-electron chi connectivity index (χ1n) is 22.6. The molecule has 16 nitrogen and oxygen atoms in total. The summed E-state index contributed by atoms with van der Waals surface area (Å²) in [5.74, 6) is -1.24. The summed E-state index contributed by atoms with van der Waals surface area (Å²) in [5, 5.41) is 45.7. The highest BCUT2D eigenvalue weighted by Crippen LogP contribution is 2.62. The molecule has 0 unspecified atom stereocenters. The Hall–Kier alpha value is -5.91. The number of nitro benzene ring substituents is 1. The molecule has 6 rings (SSSR count). The molecule has 1 heterocycles. The number of hydrogen-bond donors (Lipinski definition) is 3. The number of amides is 1. The molecule has 3 aliphatic rings. The largest absolute Gasteiger partial charge is 0.459 e. The second-order valence-electron chi connectivity index (χ2n) is 16.5. The van der Waals surface area contributed by atoms with E-state index in [0.29, 0.717) is 66.2 Å². The van der Waals surface area contributed by atoms with Crippen molar-refractivity contribution >= 4 is 23.8 Å². The van der Waals surface area contributed by atoms with Crippen molar-refractivity contribution in [1.82, 2.24) is 4.90 Å². The van der Waals surface area contributed by atoms with Crippen molar-refractivity contribution in [2.45, 2.75) is 75.7 Å². The van der Waals surface area contributed by atoms with Crippen LogP contribution < -0.4 is 9.47 Å². The van der Waals surface area contributed by atoms with Crippen molar-refractivity contribution in [3.8, 4) is 17.2 Å². The van der Waals surface area contributed by atoms with E-state index in [4.69, 9.17) is 33.7 Å². The maximum Gasteiger partial charge on any atom is 0.410 e. The highest BCUT2D eigenvalue weighted by molar-refractivity contribution is 6.03. The van der Waals surface area contributed by atoms with E-state index in [0.717, 1.165) is 30.3 Å². The van der Waals surface area contributed by atoms with Gasteiger partial charge in [-0.1, -0.05) is 48.4 Å². The Kier molecular flexibility index (Phi) is 18.4.